The molecule has 2 rings (SSSR count). The lowest BCUT2D eigenvalue weighted by Crippen LogP contribution is -2.12. The van der Waals surface area contributed by atoms with E-state index in [2.05, 4.69) is 10.3 Å². The molecule has 1 heterocycles. The summed E-state index contributed by atoms with van der Waals surface area (Å²) in [5.41, 5.74) is 0.920. The molecule has 1 aromatic carbocycles. The third-order valence-electron chi connectivity index (χ3n) is 2.86. The molecule has 5 nitrogen and oxygen atoms in total. The van der Waals surface area contributed by atoms with Crippen LogP contribution in [0.15, 0.2) is 47.5 Å². The first-order valence-corrected chi connectivity index (χ1v) is 8.52. The van der Waals surface area contributed by atoms with Crippen molar-refractivity contribution in [3.63, 3.8) is 0 Å². The van der Waals surface area contributed by atoms with E-state index < -0.39 is 9.84 Å². The van der Waals surface area contributed by atoms with Gasteiger partial charge in [0.25, 0.3) is 0 Å². The van der Waals surface area contributed by atoms with Crippen molar-refractivity contribution in [2.24, 2.45) is 0 Å². The Morgan fingerprint density at radius 2 is 2.05 bits per heavy atom. The maximum Gasteiger partial charge on any atom is 0.223 e. The monoisotopic (exact) mass is 306 g/mol. The number of rotatable bonds is 6. The van der Waals surface area contributed by atoms with E-state index in [4.69, 9.17) is 4.74 Å². The first-order chi connectivity index (χ1) is 10.0. The largest absolute Gasteiger partial charge is 0.439 e. The van der Waals surface area contributed by atoms with Crippen LogP contribution in [-0.2, 0) is 16.4 Å². The Kier molecular flexibility index (Phi) is 4.93. The quantitative estimate of drug-likeness (QED) is 0.887. The highest BCUT2D eigenvalue weighted by atomic mass is 32.2. The second-order valence-electron chi connectivity index (χ2n) is 4.60. The predicted molar refractivity (Wildman–Crippen MR) is 81.2 cm³/mol. The Bertz CT molecular complexity index is 714. The van der Waals surface area contributed by atoms with Gasteiger partial charge in [0.05, 0.1) is 4.90 Å². The maximum atomic E-state index is 11.6. The van der Waals surface area contributed by atoms with Crippen LogP contribution in [-0.4, -0.2) is 26.2 Å². The van der Waals surface area contributed by atoms with Crippen molar-refractivity contribution in [2.75, 3.05) is 12.8 Å². The first-order valence-electron chi connectivity index (χ1n) is 6.63. The number of pyridine rings is 1. The van der Waals surface area contributed by atoms with Crippen LogP contribution in [0.2, 0.25) is 0 Å². The fourth-order valence-electron chi connectivity index (χ4n) is 1.79. The fraction of sp³-hybridized carbons (Fsp3) is 0.267. The molecule has 0 aliphatic heterocycles. The Balaban J connectivity index is 2.26. The zero-order valence-corrected chi connectivity index (χ0v) is 12.9. The van der Waals surface area contributed by atoms with Crippen LogP contribution in [0.5, 0.6) is 11.6 Å². The number of nitrogens with zero attached hydrogens (tertiary/aromatic N) is 1. The van der Waals surface area contributed by atoms with Crippen molar-refractivity contribution in [3.05, 3.63) is 48.2 Å². The molecule has 0 saturated carbocycles. The van der Waals surface area contributed by atoms with Gasteiger partial charge in [-0.3, -0.25) is 0 Å². The molecular formula is C15H18N2O3S. The van der Waals surface area contributed by atoms with E-state index in [9.17, 15) is 8.42 Å². The molecule has 0 aliphatic carbocycles. The SMILES string of the molecule is CCNCc1cccnc1Oc1cccc(S(C)(=O)=O)c1. The van der Waals surface area contributed by atoms with E-state index >= 15 is 0 Å². The van der Waals surface area contributed by atoms with Gasteiger partial charge in [-0.2, -0.15) is 0 Å². The smallest absolute Gasteiger partial charge is 0.223 e. The third kappa shape index (κ3) is 4.27. The Morgan fingerprint density at radius 1 is 1.24 bits per heavy atom. The first kappa shape index (κ1) is 15.5. The predicted octanol–water partition coefficient (Wildman–Crippen LogP) is 2.39. The average Bonchev–Trinajstić information content (AvgIpc) is 2.46. The van der Waals surface area contributed by atoms with Crippen molar-refractivity contribution >= 4 is 9.84 Å². The normalized spacial score (nSPS) is 11.3. The van der Waals surface area contributed by atoms with E-state index in [1.54, 1.807) is 24.4 Å². The minimum Gasteiger partial charge on any atom is -0.439 e. The Hall–Kier alpha value is -1.92. The summed E-state index contributed by atoms with van der Waals surface area (Å²) in [6, 6.07) is 10.2. The van der Waals surface area contributed by atoms with Gasteiger partial charge in [-0.05, 0) is 30.8 Å². The molecule has 0 radical (unpaired) electrons. The van der Waals surface area contributed by atoms with E-state index in [1.165, 1.54) is 12.3 Å². The highest BCUT2D eigenvalue weighted by molar-refractivity contribution is 7.90. The van der Waals surface area contributed by atoms with E-state index in [-0.39, 0.29) is 4.90 Å². The number of aromatic nitrogens is 1. The van der Waals surface area contributed by atoms with Gasteiger partial charge < -0.3 is 10.1 Å². The molecule has 0 saturated heterocycles. The number of ether oxygens (including phenoxy) is 1. The minimum absolute atomic E-state index is 0.226. The van der Waals surface area contributed by atoms with Crippen LogP contribution in [0, 0.1) is 0 Å². The lowest BCUT2D eigenvalue weighted by molar-refractivity contribution is 0.452. The fourth-order valence-corrected chi connectivity index (χ4v) is 2.45. The Labute approximate surface area is 124 Å². The number of sulfone groups is 1. The lowest BCUT2D eigenvalue weighted by Gasteiger charge is -2.10. The Morgan fingerprint density at radius 3 is 2.76 bits per heavy atom. The van der Waals surface area contributed by atoms with Crippen LogP contribution in [0.3, 0.4) is 0 Å². The van der Waals surface area contributed by atoms with Crippen LogP contribution >= 0.6 is 0 Å². The topological polar surface area (TPSA) is 68.3 Å². The molecule has 0 unspecified atom stereocenters. The molecule has 21 heavy (non-hydrogen) atoms. The van der Waals surface area contributed by atoms with Crippen molar-refractivity contribution in [2.45, 2.75) is 18.4 Å². The van der Waals surface area contributed by atoms with Gasteiger partial charge in [0.1, 0.15) is 5.75 Å². The summed E-state index contributed by atoms with van der Waals surface area (Å²) in [7, 11) is -3.25. The minimum atomic E-state index is -3.25. The van der Waals surface area contributed by atoms with Crippen LogP contribution in [0.1, 0.15) is 12.5 Å². The summed E-state index contributed by atoms with van der Waals surface area (Å²) in [6.45, 7) is 3.51. The van der Waals surface area contributed by atoms with Gasteiger partial charge >= 0.3 is 0 Å². The van der Waals surface area contributed by atoms with Gasteiger partial charge in [0.15, 0.2) is 9.84 Å². The van der Waals surface area contributed by atoms with E-state index in [0.29, 0.717) is 18.2 Å². The summed E-state index contributed by atoms with van der Waals surface area (Å²) in [4.78, 5) is 4.43. The van der Waals surface area contributed by atoms with Crippen LogP contribution in [0.25, 0.3) is 0 Å². The summed E-state index contributed by atoms with van der Waals surface area (Å²) in [5, 5.41) is 3.21. The molecule has 0 bridgehead atoms. The molecule has 6 heteroatoms. The molecule has 0 spiro atoms. The summed E-state index contributed by atoms with van der Waals surface area (Å²) in [5.74, 6) is 0.929. The zero-order valence-electron chi connectivity index (χ0n) is 12.0. The van der Waals surface area contributed by atoms with Gasteiger partial charge in [-0.1, -0.05) is 19.1 Å². The molecule has 1 N–H and O–H groups in total. The van der Waals surface area contributed by atoms with Crippen LogP contribution in [0.4, 0.5) is 0 Å². The number of hydrogen-bond donors (Lipinski definition) is 1. The van der Waals surface area contributed by atoms with Gasteiger partial charge in [0.2, 0.25) is 5.88 Å². The van der Waals surface area contributed by atoms with Crippen molar-refractivity contribution in [3.8, 4) is 11.6 Å². The molecule has 0 amide bonds. The van der Waals surface area contributed by atoms with Crippen molar-refractivity contribution in [1.29, 1.82) is 0 Å². The molecular weight excluding hydrogens is 288 g/mol. The van der Waals surface area contributed by atoms with Crippen molar-refractivity contribution in [1.82, 2.24) is 10.3 Å². The summed E-state index contributed by atoms with van der Waals surface area (Å²) >= 11 is 0. The summed E-state index contributed by atoms with van der Waals surface area (Å²) in [6.07, 6.45) is 2.81. The summed E-state index contributed by atoms with van der Waals surface area (Å²) < 4.78 is 28.9. The molecule has 0 aliphatic rings. The molecule has 1 aromatic heterocycles. The van der Waals surface area contributed by atoms with Crippen LogP contribution < -0.4 is 10.1 Å². The number of hydrogen-bond acceptors (Lipinski definition) is 5. The molecule has 0 fully saturated rings. The molecule has 112 valence electrons. The standard InChI is InChI=1S/C15H18N2O3S/c1-3-16-11-12-6-5-9-17-15(12)20-13-7-4-8-14(10-13)21(2,18)19/h4-10,16H,3,11H2,1-2H3. The van der Waals surface area contributed by atoms with Gasteiger partial charge in [-0.25, -0.2) is 13.4 Å². The highest BCUT2D eigenvalue weighted by Crippen LogP contribution is 2.25. The van der Waals surface area contributed by atoms with E-state index in [0.717, 1.165) is 12.1 Å². The average molecular weight is 306 g/mol. The van der Waals surface area contributed by atoms with Gasteiger partial charge in [-0.15, -0.1) is 0 Å². The molecule has 0 atom stereocenters. The highest BCUT2D eigenvalue weighted by Gasteiger charge is 2.10. The zero-order chi connectivity index (χ0) is 15.3. The van der Waals surface area contributed by atoms with Gasteiger partial charge in [0, 0.05) is 24.6 Å². The number of benzene rings is 1. The molecule has 2 aromatic rings. The second kappa shape index (κ2) is 6.69. The number of nitrogens with one attached hydrogen (secondary N) is 1. The lowest BCUT2D eigenvalue weighted by atomic mass is 10.2. The van der Waals surface area contributed by atoms with Crippen molar-refractivity contribution < 1.29 is 13.2 Å². The third-order valence-corrected chi connectivity index (χ3v) is 3.97. The second-order valence-corrected chi connectivity index (χ2v) is 6.61. The van der Waals surface area contributed by atoms with E-state index in [1.807, 2.05) is 19.1 Å². The maximum absolute atomic E-state index is 11.6.